The molecule has 0 saturated heterocycles. The molecule has 9 nitrogen and oxygen atoms in total. The van der Waals surface area contributed by atoms with Gasteiger partial charge in [-0.3, -0.25) is 19.4 Å². The van der Waals surface area contributed by atoms with Gasteiger partial charge in [0.1, 0.15) is 11.5 Å². The van der Waals surface area contributed by atoms with Crippen LogP contribution in [0.5, 0.6) is 11.5 Å². The molecule has 3 atom stereocenters. The first kappa shape index (κ1) is 34.4. The highest BCUT2D eigenvalue weighted by Gasteiger charge is 2.33. The average molecular weight is 573 g/mol. The number of likely N-dealkylation sites (N-methyl/N-ethyl adjacent to an activating group) is 2. The molecule has 0 bridgehead atoms. The average Bonchev–Trinajstić information content (AvgIpc) is 2.94. The quantitative estimate of drug-likeness (QED) is 0.300. The van der Waals surface area contributed by atoms with E-state index in [9.17, 15) is 14.4 Å². The summed E-state index contributed by atoms with van der Waals surface area (Å²) in [5, 5.41) is 9.37. The van der Waals surface area contributed by atoms with E-state index in [0.29, 0.717) is 46.3 Å². The number of rotatable bonds is 12. The molecule has 218 valence electrons. The normalized spacial score (nSPS) is 12.8. The van der Waals surface area contributed by atoms with Crippen LogP contribution in [0.15, 0.2) is 36.4 Å². The summed E-state index contributed by atoms with van der Waals surface area (Å²) in [5.41, 5.74) is 1.53. The van der Waals surface area contributed by atoms with Gasteiger partial charge in [0.2, 0.25) is 6.41 Å². The maximum Gasteiger partial charge on any atom is 0.415 e. The van der Waals surface area contributed by atoms with E-state index in [1.807, 2.05) is 11.8 Å². The summed E-state index contributed by atoms with van der Waals surface area (Å²) in [4.78, 5) is 42.9. The fourth-order valence-corrected chi connectivity index (χ4v) is 4.49. The number of carbonyl (C=O) groups is 3. The smallest absolute Gasteiger partial charge is 0.415 e. The minimum atomic E-state index is -0.697. The third kappa shape index (κ3) is 8.20. The Labute approximate surface area is 243 Å². The van der Waals surface area contributed by atoms with Gasteiger partial charge in [-0.1, -0.05) is 45.4 Å². The van der Waals surface area contributed by atoms with Gasteiger partial charge in [-0.05, 0) is 68.3 Å². The molecule has 0 heterocycles. The van der Waals surface area contributed by atoms with Crippen molar-refractivity contribution in [1.29, 1.82) is 5.26 Å². The highest BCUT2D eigenvalue weighted by Crippen LogP contribution is 2.31. The van der Waals surface area contributed by atoms with E-state index in [0.717, 1.165) is 11.3 Å². The van der Waals surface area contributed by atoms with Crippen molar-refractivity contribution in [3.05, 3.63) is 52.5 Å². The number of nitriles is 1. The molecule has 0 aromatic heterocycles. The number of halogens is 1. The second-order valence-corrected chi connectivity index (χ2v) is 9.93. The highest BCUT2D eigenvalue weighted by atomic mass is 35.5. The Kier molecular flexibility index (Phi) is 13.6. The lowest BCUT2D eigenvalue weighted by atomic mass is 9.96. The molecule has 0 fully saturated rings. The lowest BCUT2D eigenvalue weighted by Crippen LogP contribution is -2.54. The number of hydrogen-bond donors (Lipinski definition) is 0. The number of hydrogen-bond acceptors (Lipinski definition) is 7. The first-order valence-corrected chi connectivity index (χ1v) is 13.1. The van der Waals surface area contributed by atoms with Crippen molar-refractivity contribution in [1.82, 2.24) is 9.80 Å². The Bertz CT molecular complexity index is 1200. The van der Waals surface area contributed by atoms with Gasteiger partial charge >= 0.3 is 6.09 Å². The minimum Gasteiger partial charge on any atom is -0.497 e. The SMILES string of the molecule is C.CC[C@@H](C)C(CN(C)C(=O)Oc1ccc(OC)cc1)N(C)C(C)C(=O)N(C=O)c1ccc(CC#N)c(Cl)c1C. The maximum atomic E-state index is 13.6. The summed E-state index contributed by atoms with van der Waals surface area (Å²) < 4.78 is 10.6. The van der Waals surface area contributed by atoms with Crippen LogP contribution in [-0.2, 0) is 16.0 Å². The topological polar surface area (TPSA) is 103 Å². The highest BCUT2D eigenvalue weighted by molar-refractivity contribution is 6.32. The molecule has 0 spiro atoms. The Morgan fingerprint density at radius 2 is 1.70 bits per heavy atom. The van der Waals surface area contributed by atoms with E-state index >= 15 is 0 Å². The van der Waals surface area contributed by atoms with Crippen molar-refractivity contribution in [2.75, 3.05) is 32.6 Å². The second kappa shape index (κ2) is 15.8. The van der Waals surface area contributed by atoms with Crippen LogP contribution in [0.4, 0.5) is 10.5 Å². The lowest BCUT2D eigenvalue weighted by Gasteiger charge is -2.38. The van der Waals surface area contributed by atoms with Crippen LogP contribution >= 0.6 is 11.6 Å². The van der Waals surface area contributed by atoms with Crippen molar-refractivity contribution in [2.45, 2.75) is 60.0 Å². The maximum absolute atomic E-state index is 13.6. The Morgan fingerprint density at radius 1 is 1.10 bits per heavy atom. The molecular formula is C30H41ClN4O5. The first-order valence-electron chi connectivity index (χ1n) is 12.7. The van der Waals surface area contributed by atoms with Crippen LogP contribution in [0.25, 0.3) is 0 Å². The van der Waals surface area contributed by atoms with E-state index in [1.165, 1.54) is 4.90 Å². The van der Waals surface area contributed by atoms with E-state index in [1.54, 1.807) is 71.5 Å². The fourth-order valence-electron chi connectivity index (χ4n) is 4.26. The molecule has 0 aliphatic carbocycles. The Hall–Kier alpha value is -3.61. The van der Waals surface area contributed by atoms with Crippen LogP contribution in [0.2, 0.25) is 5.02 Å². The lowest BCUT2D eigenvalue weighted by molar-refractivity contribution is -0.126. The molecule has 0 N–H and O–H groups in total. The van der Waals surface area contributed by atoms with Gasteiger partial charge in [0.25, 0.3) is 5.91 Å². The predicted octanol–water partition coefficient (Wildman–Crippen LogP) is 5.71. The molecule has 10 heteroatoms. The predicted molar refractivity (Wildman–Crippen MR) is 158 cm³/mol. The van der Waals surface area contributed by atoms with Gasteiger partial charge in [0.05, 0.1) is 31.3 Å². The zero-order chi connectivity index (χ0) is 29.3. The standard InChI is InChI=1S/C29H37ClN4O5.CH4/c1-8-19(2)26(17-32(5)29(37)39-24-12-10-23(38-7)11-13-24)33(6)21(4)28(36)34(18-35)25-14-9-22(15-16-31)27(30)20(25)3;/h9-14,18-19,21,26H,8,15,17H2,1-7H3;1H4/t19-,21?,26?;/m1./s1. The zero-order valence-electron chi connectivity index (χ0n) is 23.6. The minimum absolute atomic E-state index is 0. The van der Waals surface area contributed by atoms with Gasteiger partial charge in [-0.25, -0.2) is 4.79 Å². The summed E-state index contributed by atoms with van der Waals surface area (Å²) in [6.07, 6.45) is 0.882. The summed E-state index contributed by atoms with van der Waals surface area (Å²) in [5.74, 6) is 0.727. The van der Waals surface area contributed by atoms with Gasteiger partial charge in [0, 0.05) is 24.7 Å². The first-order chi connectivity index (χ1) is 18.5. The van der Waals surface area contributed by atoms with E-state index < -0.39 is 18.0 Å². The Balaban J connectivity index is 0.00000800. The van der Waals surface area contributed by atoms with E-state index in [-0.39, 0.29) is 25.8 Å². The molecule has 0 aliphatic rings. The molecule has 2 aromatic carbocycles. The number of methoxy groups -OCH3 is 1. The molecular weight excluding hydrogens is 532 g/mol. The van der Waals surface area contributed by atoms with Crippen molar-refractivity contribution >= 4 is 35.7 Å². The van der Waals surface area contributed by atoms with Crippen LogP contribution < -0.4 is 14.4 Å². The molecule has 0 aliphatic heterocycles. The van der Waals surface area contributed by atoms with Gasteiger partial charge in [0.15, 0.2) is 0 Å². The Morgan fingerprint density at radius 3 is 2.23 bits per heavy atom. The zero-order valence-corrected chi connectivity index (χ0v) is 24.4. The molecule has 0 saturated carbocycles. The number of amides is 3. The summed E-state index contributed by atoms with van der Waals surface area (Å²) in [6, 6.07) is 11.1. The van der Waals surface area contributed by atoms with E-state index in [4.69, 9.17) is 26.3 Å². The third-order valence-corrected chi connectivity index (χ3v) is 7.67. The van der Waals surface area contributed by atoms with Crippen LogP contribution in [0, 0.1) is 24.2 Å². The summed E-state index contributed by atoms with van der Waals surface area (Å²) in [7, 11) is 5.01. The largest absolute Gasteiger partial charge is 0.497 e. The fraction of sp³-hybridized carbons (Fsp3) is 0.467. The molecule has 2 aromatic rings. The number of anilines is 1. The van der Waals surface area contributed by atoms with Gasteiger partial charge < -0.3 is 14.4 Å². The van der Waals surface area contributed by atoms with Crippen molar-refractivity contribution in [3.8, 4) is 17.6 Å². The van der Waals surface area contributed by atoms with Crippen molar-refractivity contribution in [2.24, 2.45) is 5.92 Å². The number of imide groups is 1. The van der Waals surface area contributed by atoms with Gasteiger partial charge in [-0.15, -0.1) is 0 Å². The molecule has 2 rings (SSSR count). The third-order valence-electron chi connectivity index (χ3n) is 7.14. The number of nitrogens with zero attached hydrogens (tertiary/aromatic N) is 4. The molecule has 2 unspecified atom stereocenters. The van der Waals surface area contributed by atoms with Crippen LogP contribution in [0.1, 0.15) is 45.7 Å². The van der Waals surface area contributed by atoms with E-state index in [2.05, 4.69) is 13.0 Å². The monoisotopic (exact) mass is 572 g/mol. The number of ether oxygens (including phenoxy) is 2. The molecule has 0 radical (unpaired) electrons. The van der Waals surface area contributed by atoms with Gasteiger partial charge in [-0.2, -0.15) is 5.26 Å². The van der Waals surface area contributed by atoms with Crippen molar-refractivity contribution < 1.29 is 23.9 Å². The van der Waals surface area contributed by atoms with Crippen molar-refractivity contribution in [3.63, 3.8) is 0 Å². The molecule has 40 heavy (non-hydrogen) atoms. The van der Waals surface area contributed by atoms with Crippen LogP contribution in [-0.4, -0.2) is 68.0 Å². The molecule has 3 amide bonds. The van der Waals surface area contributed by atoms with Crippen LogP contribution in [0.3, 0.4) is 0 Å². The second-order valence-electron chi connectivity index (χ2n) is 9.55. The number of benzene rings is 2. The summed E-state index contributed by atoms with van der Waals surface area (Å²) >= 11 is 6.42. The summed E-state index contributed by atoms with van der Waals surface area (Å²) in [6.45, 7) is 7.83. The number of carbonyl (C=O) groups excluding carboxylic acids is 3.